The largest absolute Gasteiger partial charge is 0.278 e. The van der Waals surface area contributed by atoms with E-state index < -0.39 is 0 Å². The first-order valence-corrected chi connectivity index (χ1v) is 6.64. The topological polar surface area (TPSA) is 24.4 Å². The lowest BCUT2D eigenvalue weighted by molar-refractivity contribution is 1.32. The number of anilines is 1. The zero-order valence-corrected chi connectivity index (χ0v) is 12.2. The average Bonchev–Trinajstić information content (AvgIpc) is 2.37. The lowest BCUT2D eigenvalue weighted by Gasteiger charge is -2.04. The summed E-state index contributed by atoms with van der Waals surface area (Å²) in [4.78, 5) is 0. The number of nitrogens with one attached hydrogen (secondary N) is 1. The molecule has 0 fully saturated rings. The minimum absolute atomic E-state index is 0.691. The van der Waals surface area contributed by atoms with Crippen LogP contribution in [0.3, 0.4) is 0 Å². The van der Waals surface area contributed by atoms with Gasteiger partial charge >= 0.3 is 0 Å². The standard InChI is InChI=1S/C14H12BrClN2/c1-10(11-5-7-12(15)8-6-11)17-18-14-4-2-3-13(16)9-14/h2-9,18H,1H3/b17-10-. The van der Waals surface area contributed by atoms with Crippen molar-refractivity contribution in [2.45, 2.75) is 6.92 Å². The van der Waals surface area contributed by atoms with Crippen LogP contribution >= 0.6 is 27.5 Å². The van der Waals surface area contributed by atoms with Gasteiger partial charge in [0.1, 0.15) is 0 Å². The third kappa shape index (κ3) is 3.59. The zero-order valence-electron chi connectivity index (χ0n) is 9.82. The van der Waals surface area contributed by atoms with Crippen LogP contribution in [0.1, 0.15) is 12.5 Å². The number of rotatable bonds is 3. The summed E-state index contributed by atoms with van der Waals surface area (Å²) in [5.74, 6) is 0. The lowest BCUT2D eigenvalue weighted by Crippen LogP contribution is -1.99. The van der Waals surface area contributed by atoms with Crippen LogP contribution in [0.4, 0.5) is 5.69 Å². The van der Waals surface area contributed by atoms with Gasteiger partial charge < -0.3 is 0 Å². The molecule has 0 amide bonds. The number of nitrogens with zero attached hydrogens (tertiary/aromatic N) is 1. The van der Waals surface area contributed by atoms with Crippen LogP contribution in [0.25, 0.3) is 0 Å². The van der Waals surface area contributed by atoms with Crippen LogP contribution in [0, 0.1) is 0 Å². The van der Waals surface area contributed by atoms with Gasteiger partial charge in [-0.2, -0.15) is 5.10 Å². The third-order valence-electron chi connectivity index (χ3n) is 2.44. The fourth-order valence-electron chi connectivity index (χ4n) is 1.46. The molecule has 2 aromatic rings. The van der Waals surface area contributed by atoms with Gasteiger partial charge in [0.2, 0.25) is 0 Å². The molecule has 2 aromatic carbocycles. The van der Waals surface area contributed by atoms with Gasteiger partial charge in [-0.3, -0.25) is 5.43 Å². The predicted molar refractivity (Wildman–Crippen MR) is 81.4 cm³/mol. The second-order valence-electron chi connectivity index (χ2n) is 3.83. The van der Waals surface area contributed by atoms with Gasteiger partial charge in [-0.1, -0.05) is 45.7 Å². The molecule has 0 aliphatic rings. The Bertz CT molecular complexity index is 564. The molecule has 0 aliphatic heterocycles. The average molecular weight is 324 g/mol. The number of halogens is 2. The van der Waals surface area contributed by atoms with Crippen molar-refractivity contribution in [1.29, 1.82) is 0 Å². The lowest BCUT2D eigenvalue weighted by atomic mass is 10.1. The fourth-order valence-corrected chi connectivity index (χ4v) is 1.92. The number of hydrogen-bond acceptors (Lipinski definition) is 2. The first-order valence-electron chi connectivity index (χ1n) is 5.47. The van der Waals surface area contributed by atoms with Crippen molar-refractivity contribution in [3.8, 4) is 0 Å². The number of hydrazone groups is 1. The molecule has 0 heterocycles. The SMILES string of the molecule is C/C(=N/Nc1cccc(Cl)c1)c1ccc(Br)cc1. The molecule has 0 atom stereocenters. The van der Waals surface area contributed by atoms with Crippen molar-refractivity contribution in [2.75, 3.05) is 5.43 Å². The fraction of sp³-hybridized carbons (Fsp3) is 0.0714. The molecule has 92 valence electrons. The maximum atomic E-state index is 5.90. The van der Waals surface area contributed by atoms with Gasteiger partial charge in [0.05, 0.1) is 11.4 Å². The number of hydrogen-bond donors (Lipinski definition) is 1. The van der Waals surface area contributed by atoms with E-state index in [2.05, 4.69) is 26.5 Å². The molecule has 0 aromatic heterocycles. The van der Waals surface area contributed by atoms with Gasteiger partial charge in [0.15, 0.2) is 0 Å². The Morgan fingerprint density at radius 3 is 2.56 bits per heavy atom. The van der Waals surface area contributed by atoms with Crippen molar-refractivity contribution < 1.29 is 0 Å². The Morgan fingerprint density at radius 2 is 1.89 bits per heavy atom. The van der Waals surface area contributed by atoms with E-state index in [1.807, 2.05) is 55.5 Å². The molecule has 2 rings (SSSR count). The molecular formula is C14H12BrClN2. The molecule has 0 unspecified atom stereocenters. The zero-order chi connectivity index (χ0) is 13.0. The van der Waals surface area contributed by atoms with Crippen molar-refractivity contribution in [3.63, 3.8) is 0 Å². The second-order valence-corrected chi connectivity index (χ2v) is 5.18. The van der Waals surface area contributed by atoms with Gasteiger partial charge in [-0.15, -0.1) is 0 Å². The Balaban J connectivity index is 2.11. The Labute approximate surface area is 120 Å². The summed E-state index contributed by atoms with van der Waals surface area (Å²) in [6.45, 7) is 1.96. The highest BCUT2D eigenvalue weighted by Gasteiger charge is 1.97. The summed E-state index contributed by atoms with van der Waals surface area (Å²) in [5, 5.41) is 5.02. The summed E-state index contributed by atoms with van der Waals surface area (Å²) in [7, 11) is 0. The van der Waals surface area contributed by atoms with Crippen molar-refractivity contribution in [2.24, 2.45) is 5.10 Å². The molecule has 4 heteroatoms. The maximum Gasteiger partial charge on any atom is 0.0648 e. The third-order valence-corrected chi connectivity index (χ3v) is 3.20. The summed E-state index contributed by atoms with van der Waals surface area (Å²) < 4.78 is 1.06. The summed E-state index contributed by atoms with van der Waals surface area (Å²) >= 11 is 9.31. The van der Waals surface area contributed by atoms with Crippen LogP contribution < -0.4 is 5.43 Å². The Kier molecular flexibility index (Phi) is 4.39. The molecule has 0 bridgehead atoms. The monoisotopic (exact) mass is 322 g/mol. The minimum atomic E-state index is 0.691. The smallest absolute Gasteiger partial charge is 0.0648 e. The van der Waals surface area contributed by atoms with Gasteiger partial charge in [0.25, 0.3) is 0 Å². The Morgan fingerprint density at radius 1 is 1.17 bits per heavy atom. The molecule has 0 spiro atoms. The molecule has 18 heavy (non-hydrogen) atoms. The van der Waals surface area contributed by atoms with E-state index in [1.165, 1.54) is 0 Å². The quantitative estimate of drug-likeness (QED) is 0.628. The van der Waals surface area contributed by atoms with Crippen LogP contribution in [-0.2, 0) is 0 Å². The van der Waals surface area contributed by atoms with Gasteiger partial charge in [-0.05, 0) is 42.8 Å². The number of benzene rings is 2. The van der Waals surface area contributed by atoms with E-state index >= 15 is 0 Å². The predicted octanol–water partition coefficient (Wildman–Crippen LogP) is 4.94. The highest BCUT2D eigenvalue weighted by atomic mass is 79.9. The van der Waals surface area contributed by atoms with E-state index in [1.54, 1.807) is 0 Å². The van der Waals surface area contributed by atoms with E-state index in [0.29, 0.717) is 5.02 Å². The minimum Gasteiger partial charge on any atom is -0.278 e. The van der Waals surface area contributed by atoms with Crippen molar-refractivity contribution in [1.82, 2.24) is 0 Å². The van der Waals surface area contributed by atoms with E-state index in [9.17, 15) is 0 Å². The first-order chi connectivity index (χ1) is 8.65. The maximum absolute atomic E-state index is 5.90. The Hall–Kier alpha value is -1.32. The normalized spacial score (nSPS) is 11.4. The molecule has 2 nitrogen and oxygen atoms in total. The summed E-state index contributed by atoms with van der Waals surface area (Å²) in [6, 6.07) is 15.5. The van der Waals surface area contributed by atoms with E-state index in [4.69, 9.17) is 11.6 Å². The van der Waals surface area contributed by atoms with Crippen molar-refractivity contribution >= 4 is 38.9 Å². The van der Waals surface area contributed by atoms with E-state index in [0.717, 1.165) is 21.4 Å². The molecular weight excluding hydrogens is 312 g/mol. The van der Waals surface area contributed by atoms with Crippen LogP contribution in [-0.4, -0.2) is 5.71 Å². The molecule has 0 saturated heterocycles. The highest BCUT2D eigenvalue weighted by Crippen LogP contribution is 2.15. The molecule has 0 saturated carbocycles. The summed E-state index contributed by atoms with van der Waals surface area (Å²) in [5.41, 5.74) is 5.86. The van der Waals surface area contributed by atoms with Gasteiger partial charge in [0, 0.05) is 9.50 Å². The second kappa shape index (κ2) is 6.03. The van der Waals surface area contributed by atoms with Crippen LogP contribution in [0.15, 0.2) is 58.1 Å². The molecule has 1 N–H and O–H groups in total. The van der Waals surface area contributed by atoms with Gasteiger partial charge in [-0.25, -0.2) is 0 Å². The van der Waals surface area contributed by atoms with E-state index in [-0.39, 0.29) is 0 Å². The van der Waals surface area contributed by atoms with Crippen LogP contribution in [0.2, 0.25) is 5.02 Å². The van der Waals surface area contributed by atoms with Crippen molar-refractivity contribution in [3.05, 3.63) is 63.6 Å². The van der Waals surface area contributed by atoms with Crippen LogP contribution in [0.5, 0.6) is 0 Å². The summed E-state index contributed by atoms with van der Waals surface area (Å²) in [6.07, 6.45) is 0. The highest BCUT2D eigenvalue weighted by molar-refractivity contribution is 9.10. The first kappa shape index (κ1) is 13.1. The molecule has 0 radical (unpaired) electrons. The molecule has 0 aliphatic carbocycles.